The van der Waals surface area contributed by atoms with Crippen molar-refractivity contribution in [2.24, 2.45) is 0 Å². The lowest BCUT2D eigenvalue weighted by Crippen LogP contribution is -2.45. The Morgan fingerprint density at radius 2 is 1.71 bits per heavy atom. The average Bonchev–Trinajstić information content (AvgIpc) is 2.78. The molecular formula is C24H20N2O5. The quantitative estimate of drug-likeness (QED) is 0.597. The van der Waals surface area contributed by atoms with Gasteiger partial charge in [-0.05, 0) is 12.5 Å². The molecule has 3 aromatic rings. The van der Waals surface area contributed by atoms with E-state index in [0.29, 0.717) is 16.8 Å². The fourth-order valence-electron chi connectivity index (χ4n) is 3.36. The lowest BCUT2D eigenvalue weighted by atomic mass is 9.92. The summed E-state index contributed by atoms with van der Waals surface area (Å²) < 4.78 is 11.2. The molecule has 0 spiro atoms. The molecule has 7 nitrogen and oxygen atoms in total. The van der Waals surface area contributed by atoms with Crippen LogP contribution in [0.2, 0.25) is 0 Å². The van der Waals surface area contributed by atoms with E-state index in [1.165, 1.54) is 12.3 Å². The number of hydrogen-bond acceptors (Lipinski definition) is 5. The van der Waals surface area contributed by atoms with Crippen LogP contribution in [0.1, 0.15) is 34.6 Å². The van der Waals surface area contributed by atoms with Crippen molar-refractivity contribution in [3.63, 3.8) is 0 Å². The van der Waals surface area contributed by atoms with Crippen LogP contribution in [0.3, 0.4) is 0 Å². The fraction of sp³-hybridized carbons (Fsp3) is 0.125. The van der Waals surface area contributed by atoms with Gasteiger partial charge in [0.2, 0.25) is 11.2 Å². The van der Waals surface area contributed by atoms with Gasteiger partial charge >= 0.3 is 6.03 Å². The second-order valence-corrected chi connectivity index (χ2v) is 7.05. The molecule has 156 valence electrons. The van der Waals surface area contributed by atoms with Crippen molar-refractivity contribution in [2.45, 2.75) is 19.6 Å². The predicted octanol–water partition coefficient (Wildman–Crippen LogP) is 3.73. The topological polar surface area (TPSA) is 97.6 Å². The number of benzene rings is 2. The van der Waals surface area contributed by atoms with Crippen molar-refractivity contribution >= 4 is 11.8 Å². The number of ether oxygens (including phenoxy) is 1. The Balaban J connectivity index is 1.62. The Morgan fingerprint density at radius 1 is 1.03 bits per heavy atom. The van der Waals surface area contributed by atoms with Gasteiger partial charge in [-0.1, -0.05) is 60.7 Å². The summed E-state index contributed by atoms with van der Waals surface area (Å²) in [6.07, 6.45) is 1.20. The first-order valence-electron chi connectivity index (χ1n) is 9.70. The van der Waals surface area contributed by atoms with E-state index >= 15 is 0 Å². The van der Waals surface area contributed by atoms with Gasteiger partial charge in [-0.15, -0.1) is 0 Å². The number of rotatable bonds is 6. The summed E-state index contributed by atoms with van der Waals surface area (Å²) in [5.74, 6) is -0.0855. The van der Waals surface area contributed by atoms with Gasteiger partial charge in [0.25, 0.3) is 0 Å². The molecule has 0 aliphatic carbocycles. The first kappa shape index (κ1) is 20.2. The summed E-state index contributed by atoms with van der Waals surface area (Å²) in [5, 5.41) is 5.27. The smallest absolute Gasteiger partial charge is 0.319 e. The molecule has 4 rings (SSSR count). The van der Waals surface area contributed by atoms with Crippen molar-refractivity contribution in [2.75, 3.05) is 0 Å². The number of hydrogen-bond donors (Lipinski definition) is 2. The number of Topliss-reactive ketones (excluding diaryl/α,β-unsaturated/α-hetero) is 1. The highest BCUT2D eigenvalue weighted by Crippen LogP contribution is 2.29. The molecule has 2 amide bonds. The van der Waals surface area contributed by atoms with E-state index in [4.69, 9.17) is 9.15 Å². The molecule has 1 unspecified atom stereocenters. The Bertz CT molecular complexity index is 1200. The van der Waals surface area contributed by atoms with Crippen LogP contribution in [-0.4, -0.2) is 11.8 Å². The van der Waals surface area contributed by atoms with Crippen LogP contribution in [0.15, 0.2) is 93.5 Å². The number of carbonyl (C=O) groups excluding carboxylic acids is 2. The van der Waals surface area contributed by atoms with Gasteiger partial charge in [-0.3, -0.25) is 9.59 Å². The Morgan fingerprint density at radius 3 is 2.39 bits per heavy atom. The maximum absolute atomic E-state index is 13.1. The number of amides is 2. The summed E-state index contributed by atoms with van der Waals surface area (Å²) in [6, 6.07) is 18.0. The normalized spacial score (nSPS) is 15.8. The monoisotopic (exact) mass is 416 g/mol. The van der Waals surface area contributed by atoms with Crippen LogP contribution >= 0.6 is 0 Å². The van der Waals surface area contributed by atoms with Crippen LogP contribution in [-0.2, 0) is 6.61 Å². The van der Waals surface area contributed by atoms with E-state index < -0.39 is 17.5 Å². The third kappa shape index (κ3) is 4.40. The number of carbonyl (C=O) groups is 2. The molecule has 7 heteroatoms. The van der Waals surface area contributed by atoms with E-state index in [1.807, 2.05) is 36.4 Å². The Kier molecular flexibility index (Phi) is 5.66. The van der Waals surface area contributed by atoms with E-state index in [2.05, 4.69) is 10.6 Å². The first-order valence-corrected chi connectivity index (χ1v) is 9.70. The third-order valence-corrected chi connectivity index (χ3v) is 4.89. The maximum atomic E-state index is 13.1. The van der Waals surface area contributed by atoms with E-state index in [1.54, 1.807) is 31.2 Å². The fourth-order valence-corrected chi connectivity index (χ4v) is 3.36. The summed E-state index contributed by atoms with van der Waals surface area (Å²) in [5.41, 5.74) is 1.66. The summed E-state index contributed by atoms with van der Waals surface area (Å²) in [4.78, 5) is 37.8. The second-order valence-electron chi connectivity index (χ2n) is 7.05. The van der Waals surface area contributed by atoms with Crippen LogP contribution in [0.5, 0.6) is 5.75 Å². The van der Waals surface area contributed by atoms with Crippen molar-refractivity contribution in [1.29, 1.82) is 0 Å². The highest BCUT2D eigenvalue weighted by molar-refractivity contribution is 6.11. The molecule has 0 saturated carbocycles. The average molecular weight is 416 g/mol. The van der Waals surface area contributed by atoms with Crippen LogP contribution in [0.25, 0.3) is 0 Å². The molecule has 2 heterocycles. The molecule has 0 bridgehead atoms. The van der Waals surface area contributed by atoms with Gasteiger partial charge in [0, 0.05) is 22.9 Å². The van der Waals surface area contributed by atoms with Crippen LogP contribution in [0, 0.1) is 0 Å². The number of nitrogens with one attached hydrogen (secondary N) is 2. The van der Waals surface area contributed by atoms with Gasteiger partial charge in [-0.25, -0.2) is 4.79 Å². The predicted molar refractivity (Wildman–Crippen MR) is 114 cm³/mol. The van der Waals surface area contributed by atoms with E-state index in [9.17, 15) is 14.4 Å². The minimum atomic E-state index is -0.905. The van der Waals surface area contributed by atoms with Gasteiger partial charge in [0.15, 0.2) is 5.78 Å². The number of ketones is 1. The molecule has 2 N–H and O–H groups in total. The van der Waals surface area contributed by atoms with Crippen LogP contribution in [0.4, 0.5) is 4.79 Å². The third-order valence-electron chi connectivity index (χ3n) is 4.89. The Labute approximate surface area is 178 Å². The summed E-state index contributed by atoms with van der Waals surface area (Å²) in [7, 11) is 0. The SMILES string of the molecule is CC1=C(C(=O)c2ccccc2)C(c2cc(=O)c(OCc3ccccc3)co2)NC(=O)N1. The first-order chi connectivity index (χ1) is 15.0. The van der Waals surface area contributed by atoms with E-state index in [-0.39, 0.29) is 23.9 Å². The highest BCUT2D eigenvalue weighted by atomic mass is 16.5. The molecule has 31 heavy (non-hydrogen) atoms. The molecule has 2 aromatic carbocycles. The molecule has 1 aliphatic heterocycles. The molecular weight excluding hydrogens is 396 g/mol. The van der Waals surface area contributed by atoms with Crippen molar-refractivity contribution in [3.8, 4) is 5.75 Å². The standard InChI is InChI=1S/C24H20N2O5/c1-15-21(23(28)17-10-6-3-7-11-17)22(26-24(29)25-15)19-12-18(27)20(14-31-19)30-13-16-8-4-2-5-9-16/h2-12,14,22H,13H2,1H3,(H2,25,26,29). The minimum Gasteiger partial charge on any atom is -0.482 e. The minimum absolute atomic E-state index is 0.0458. The Hall–Kier alpha value is -4.13. The second kappa shape index (κ2) is 8.71. The zero-order valence-corrected chi connectivity index (χ0v) is 16.8. The summed E-state index contributed by atoms with van der Waals surface area (Å²) in [6.45, 7) is 1.85. The largest absolute Gasteiger partial charge is 0.482 e. The van der Waals surface area contributed by atoms with Crippen molar-refractivity contribution in [1.82, 2.24) is 10.6 Å². The number of allylic oxidation sites excluding steroid dienone is 1. The van der Waals surface area contributed by atoms with Crippen molar-refractivity contribution in [3.05, 3.63) is 111 Å². The molecule has 0 fully saturated rings. The summed E-state index contributed by atoms with van der Waals surface area (Å²) >= 11 is 0. The zero-order valence-electron chi connectivity index (χ0n) is 16.8. The lowest BCUT2D eigenvalue weighted by Gasteiger charge is -2.27. The maximum Gasteiger partial charge on any atom is 0.319 e. The van der Waals surface area contributed by atoms with Gasteiger partial charge in [0.1, 0.15) is 24.7 Å². The van der Waals surface area contributed by atoms with Gasteiger partial charge in [0.05, 0.1) is 0 Å². The molecule has 0 saturated heterocycles. The van der Waals surface area contributed by atoms with E-state index in [0.717, 1.165) is 5.56 Å². The molecule has 1 atom stereocenters. The van der Waals surface area contributed by atoms with Crippen LogP contribution < -0.4 is 20.8 Å². The molecule has 0 radical (unpaired) electrons. The zero-order chi connectivity index (χ0) is 21.8. The number of urea groups is 1. The lowest BCUT2D eigenvalue weighted by molar-refractivity contribution is 0.102. The van der Waals surface area contributed by atoms with Crippen molar-refractivity contribution < 1.29 is 18.7 Å². The van der Waals surface area contributed by atoms with Gasteiger partial charge < -0.3 is 19.8 Å². The molecule has 1 aliphatic rings. The highest BCUT2D eigenvalue weighted by Gasteiger charge is 2.33. The van der Waals surface area contributed by atoms with Gasteiger partial charge in [-0.2, -0.15) is 0 Å². The molecule has 1 aromatic heterocycles.